The summed E-state index contributed by atoms with van der Waals surface area (Å²) in [5.74, 6) is -0.292. The van der Waals surface area contributed by atoms with Crippen LogP contribution in [0.15, 0.2) is 0 Å². The second-order valence-electron chi connectivity index (χ2n) is 2.20. The van der Waals surface area contributed by atoms with Gasteiger partial charge >= 0.3 is 0 Å². The quantitative estimate of drug-likeness (QED) is 0.661. The van der Waals surface area contributed by atoms with Crippen molar-refractivity contribution in [2.24, 2.45) is 0 Å². The summed E-state index contributed by atoms with van der Waals surface area (Å²) in [6.45, 7) is 0.0669. The fraction of sp³-hybridized carbons (Fsp3) is 0.667. The molecule has 0 fully saturated rings. The molecule has 0 aromatic heterocycles. The van der Waals surface area contributed by atoms with Crippen LogP contribution in [-0.2, 0) is 9.59 Å². The van der Waals surface area contributed by atoms with Gasteiger partial charge in [-0.25, -0.2) is 0 Å². The standard InChI is InChI=1S/C6H11BrN2O2/c1-9(2)6(11)4-8-5(10)3-7/h3-4H2,1-2H3,(H,8,10). The van der Waals surface area contributed by atoms with E-state index in [0.717, 1.165) is 0 Å². The molecule has 2 amide bonds. The minimum absolute atomic E-state index is 0.0669. The fourth-order valence-corrected chi connectivity index (χ4v) is 0.578. The van der Waals surface area contributed by atoms with Crippen LogP contribution in [0.5, 0.6) is 0 Å². The van der Waals surface area contributed by atoms with Crippen molar-refractivity contribution in [1.29, 1.82) is 0 Å². The Morgan fingerprint density at radius 2 is 2.00 bits per heavy atom. The van der Waals surface area contributed by atoms with Gasteiger partial charge in [-0.3, -0.25) is 9.59 Å². The van der Waals surface area contributed by atoms with Gasteiger partial charge in [0.15, 0.2) is 0 Å². The number of carbonyl (C=O) groups excluding carboxylic acids is 2. The van der Waals surface area contributed by atoms with Crippen molar-refractivity contribution in [3.63, 3.8) is 0 Å². The summed E-state index contributed by atoms with van der Waals surface area (Å²) in [4.78, 5) is 22.9. The van der Waals surface area contributed by atoms with E-state index in [0.29, 0.717) is 0 Å². The van der Waals surface area contributed by atoms with Gasteiger partial charge in [-0.2, -0.15) is 0 Å². The van der Waals surface area contributed by atoms with Crippen LogP contribution in [0.4, 0.5) is 0 Å². The number of likely N-dealkylation sites (N-methyl/N-ethyl adjacent to an activating group) is 1. The summed E-state index contributed by atoms with van der Waals surface area (Å²) in [6, 6.07) is 0. The van der Waals surface area contributed by atoms with E-state index >= 15 is 0 Å². The normalized spacial score (nSPS) is 9.00. The number of hydrogen-bond donors (Lipinski definition) is 1. The Morgan fingerprint density at radius 3 is 2.36 bits per heavy atom. The van der Waals surface area contributed by atoms with E-state index in [1.807, 2.05) is 0 Å². The molecule has 0 spiro atoms. The SMILES string of the molecule is CN(C)C(=O)CNC(=O)CBr. The third-order valence-electron chi connectivity index (χ3n) is 1.06. The number of nitrogens with zero attached hydrogens (tertiary/aromatic N) is 1. The Balaban J connectivity index is 3.54. The van der Waals surface area contributed by atoms with E-state index in [-0.39, 0.29) is 23.7 Å². The molecule has 5 heteroatoms. The number of alkyl halides is 1. The van der Waals surface area contributed by atoms with E-state index < -0.39 is 0 Å². The first-order valence-corrected chi connectivity index (χ1v) is 4.23. The van der Waals surface area contributed by atoms with Crippen LogP contribution in [0.3, 0.4) is 0 Å². The van der Waals surface area contributed by atoms with Crippen LogP contribution in [0.25, 0.3) is 0 Å². The molecule has 4 nitrogen and oxygen atoms in total. The number of rotatable bonds is 3. The molecule has 0 aliphatic rings. The maximum Gasteiger partial charge on any atom is 0.241 e. The second-order valence-corrected chi connectivity index (χ2v) is 2.76. The van der Waals surface area contributed by atoms with E-state index in [1.165, 1.54) is 4.90 Å². The lowest BCUT2D eigenvalue weighted by atomic mass is 10.5. The van der Waals surface area contributed by atoms with Crippen molar-refractivity contribution in [1.82, 2.24) is 10.2 Å². The van der Waals surface area contributed by atoms with Gasteiger partial charge in [-0.1, -0.05) is 15.9 Å². The third-order valence-corrected chi connectivity index (χ3v) is 1.57. The first kappa shape index (κ1) is 10.4. The average molecular weight is 223 g/mol. The van der Waals surface area contributed by atoms with Gasteiger partial charge in [0, 0.05) is 14.1 Å². The van der Waals surface area contributed by atoms with E-state index in [1.54, 1.807) is 14.1 Å². The molecule has 0 aliphatic heterocycles. The number of carbonyl (C=O) groups is 2. The predicted octanol–water partition coefficient (Wildman–Crippen LogP) is -0.414. The first-order valence-electron chi connectivity index (χ1n) is 3.10. The molecule has 0 radical (unpaired) electrons. The molecule has 0 saturated heterocycles. The molecule has 0 bridgehead atoms. The maximum atomic E-state index is 10.9. The van der Waals surface area contributed by atoms with Crippen molar-refractivity contribution in [3.8, 4) is 0 Å². The first-order chi connectivity index (χ1) is 5.07. The van der Waals surface area contributed by atoms with Gasteiger partial charge < -0.3 is 10.2 Å². The molecular weight excluding hydrogens is 212 g/mol. The minimum Gasteiger partial charge on any atom is -0.347 e. The van der Waals surface area contributed by atoms with Crippen molar-refractivity contribution < 1.29 is 9.59 Å². The topological polar surface area (TPSA) is 49.4 Å². The smallest absolute Gasteiger partial charge is 0.241 e. The zero-order valence-corrected chi connectivity index (χ0v) is 8.14. The molecule has 0 heterocycles. The summed E-state index contributed by atoms with van der Waals surface area (Å²) in [7, 11) is 3.28. The summed E-state index contributed by atoms with van der Waals surface area (Å²) >= 11 is 2.96. The van der Waals surface area contributed by atoms with E-state index in [2.05, 4.69) is 21.2 Å². The molecule has 11 heavy (non-hydrogen) atoms. The van der Waals surface area contributed by atoms with Crippen LogP contribution in [-0.4, -0.2) is 42.7 Å². The van der Waals surface area contributed by atoms with Crippen LogP contribution in [0.2, 0.25) is 0 Å². The van der Waals surface area contributed by atoms with E-state index in [9.17, 15) is 9.59 Å². The zero-order valence-electron chi connectivity index (χ0n) is 6.56. The highest BCUT2D eigenvalue weighted by Crippen LogP contribution is 1.79. The van der Waals surface area contributed by atoms with Crippen LogP contribution in [0, 0.1) is 0 Å². The third kappa shape index (κ3) is 4.78. The molecule has 0 atom stereocenters. The molecule has 1 N–H and O–H groups in total. The Bertz CT molecular complexity index is 159. The van der Waals surface area contributed by atoms with Gasteiger partial charge in [0.25, 0.3) is 0 Å². The lowest BCUT2D eigenvalue weighted by Crippen LogP contribution is -2.36. The number of nitrogens with one attached hydrogen (secondary N) is 1. The minimum atomic E-state index is -0.180. The highest BCUT2D eigenvalue weighted by atomic mass is 79.9. The molecule has 0 unspecified atom stereocenters. The van der Waals surface area contributed by atoms with Crippen LogP contribution < -0.4 is 5.32 Å². The second kappa shape index (κ2) is 5.12. The molecule has 0 rings (SSSR count). The van der Waals surface area contributed by atoms with Gasteiger partial charge in [-0.05, 0) is 0 Å². The summed E-state index contributed by atoms with van der Waals surface area (Å²) in [6.07, 6.45) is 0. The largest absolute Gasteiger partial charge is 0.347 e. The molecular formula is C6H11BrN2O2. The van der Waals surface area contributed by atoms with Crippen molar-refractivity contribution in [2.75, 3.05) is 26.0 Å². The molecule has 0 aromatic rings. The molecule has 0 aromatic carbocycles. The van der Waals surface area contributed by atoms with Gasteiger partial charge in [0.05, 0.1) is 11.9 Å². The summed E-state index contributed by atoms with van der Waals surface area (Å²) in [5.41, 5.74) is 0. The Morgan fingerprint density at radius 1 is 1.45 bits per heavy atom. The Hall–Kier alpha value is -0.580. The van der Waals surface area contributed by atoms with E-state index in [4.69, 9.17) is 0 Å². The van der Waals surface area contributed by atoms with Crippen LogP contribution >= 0.6 is 15.9 Å². The number of hydrogen-bond acceptors (Lipinski definition) is 2. The van der Waals surface area contributed by atoms with Gasteiger partial charge in [0.2, 0.25) is 11.8 Å². The van der Waals surface area contributed by atoms with Crippen molar-refractivity contribution in [2.45, 2.75) is 0 Å². The maximum absolute atomic E-state index is 10.9. The summed E-state index contributed by atoms with van der Waals surface area (Å²) < 4.78 is 0. The predicted molar refractivity (Wildman–Crippen MR) is 45.5 cm³/mol. The van der Waals surface area contributed by atoms with Crippen molar-refractivity contribution in [3.05, 3.63) is 0 Å². The Labute approximate surface area is 74.1 Å². The van der Waals surface area contributed by atoms with Gasteiger partial charge in [0.1, 0.15) is 0 Å². The number of halogens is 1. The average Bonchev–Trinajstić information content (AvgIpc) is 1.99. The fourth-order valence-electron chi connectivity index (χ4n) is 0.380. The zero-order chi connectivity index (χ0) is 8.85. The number of amides is 2. The highest BCUT2D eigenvalue weighted by molar-refractivity contribution is 9.09. The summed E-state index contributed by atoms with van der Waals surface area (Å²) in [5, 5.41) is 2.67. The monoisotopic (exact) mass is 222 g/mol. The van der Waals surface area contributed by atoms with Crippen molar-refractivity contribution >= 4 is 27.7 Å². The molecule has 0 saturated carbocycles. The Kier molecular flexibility index (Phi) is 4.85. The highest BCUT2D eigenvalue weighted by Gasteiger charge is 2.04. The van der Waals surface area contributed by atoms with Crippen LogP contribution in [0.1, 0.15) is 0 Å². The molecule has 0 aliphatic carbocycles. The lowest BCUT2D eigenvalue weighted by Gasteiger charge is -2.09. The van der Waals surface area contributed by atoms with Gasteiger partial charge in [-0.15, -0.1) is 0 Å². The lowest BCUT2D eigenvalue weighted by molar-refractivity contribution is -0.130. The molecule has 64 valence electrons.